The van der Waals surface area contributed by atoms with E-state index < -0.39 is 10.0 Å². The van der Waals surface area contributed by atoms with Crippen LogP contribution in [0.25, 0.3) is 0 Å². The van der Waals surface area contributed by atoms with Gasteiger partial charge in [0.25, 0.3) is 0 Å². The minimum Gasteiger partial charge on any atom is -0.312 e. The summed E-state index contributed by atoms with van der Waals surface area (Å²) < 4.78 is 26.5. The average molecular weight is 300 g/mol. The Morgan fingerprint density at radius 3 is 2.89 bits per heavy atom. The van der Waals surface area contributed by atoms with E-state index >= 15 is 0 Å². The highest BCUT2D eigenvalue weighted by atomic mass is 35.5. The average Bonchev–Trinajstić information content (AvgIpc) is 2.38. The zero-order valence-electron chi connectivity index (χ0n) is 10.4. The van der Waals surface area contributed by atoms with Gasteiger partial charge in [0.2, 0.25) is 10.0 Å². The first-order valence-corrected chi connectivity index (χ1v) is 7.70. The van der Waals surface area contributed by atoms with Gasteiger partial charge in [0.1, 0.15) is 11.0 Å². The van der Waals surface area contributed by atoms with Crippen LogP contribution in [0, 0.1) is 11.3 Å². The molecule has 0 radical (unpaired) electrons. The zero-order valence-corrected chi connectivity index (χ0v) is 12.0. The molecule has 0 bridgehead atoms. The lowest BCUT2D eigenvalue weighted by Crippen LogP contribution is -2.51. The van der Waals surface area contributed by atoms with E-state index in [1.54, 1.807) is 0 Å². The molecule has 0 aliphatic carbocycles. The quantitative estimate of drug-likeness (QED) is 0.890. The molecular formula is C12H14ClN3O2S. The van der Waals surface area contributed by atoms with E-state index in [4.69, 9.17) is 16.9 Å². The third-order valence-corrected chi connectivity index (χ3v) is 5.15. The summed E-state index contributed by atoms with van der Waals surface area (Å²) in [7, 11) is -3.67. The monoisotopic (exact) mass is 299 g/mol. The Bertz CT molecular complexity index is 624. The van der Waals surface area contributed by atoms with Gasteiger partial charge in [0.05, 0.1) is 5.56 Å². The van der Waals surface area contributed by atoms with Gasteiger partial charge < -0.3 is 5.32 Å². The van der Waals surface area contributed by atoms with Crippen molar-refractivity contribution in [2.45, 2.75) is 17.9 Å². The van der Waals surface area contributed by atoms with Crippen LogP contribution in [0.1, 0.15) is 12.5 Å². The minimum atomic E-state index is -3.67. The highest BCUT2D eigenvalue weighted by Gasteiger charge is 2.30. The van der Waals surface area contributed by atoms with Crippen molar-refractivity contribution in [3.05, 3.63) is 28.8 Å². The summed E-state index contributed by atoms with van der Waals surface area (Å²) in [6.07, 6.45) is 0. The van der Waals surface area contributed by atoms with Crippen molar-refractivity contribution in [3.63, 3.8) is 0 Å². The first kappa shape index (κ1) is 14.3. The largest absolute Gasteiger partial charge is 0.312 e. The summed E-state index contributed by atoms with van der Waals surface area (Å²) in [5, 5.41) is 12.5. The van der Waals surface area contributed by atoms with Crippen LogP contribution in [0.3, 0.4) is 0 Å². The Hall–Kier alpha value is -1.13. The molecule has 102 valence electrons. The molecule has 19 heavy (non-hydrogen) atoms. The first-order valence-electron chi connectivity index (χ1n) is 5.88. The van der Waals surface area contributed by atoms with Gasteiger partial charge in [0, 0.05) is 30.7 Å². The van der Waals surface area contributed by atoms with Gasteiger partial charge in [-0.3, -0.25) is 0 Å². The second kappa shape index (κ2) is 5.47. The van der Waals surface area contributed by atoms with Gasteiger partial charge in [0.15, 0.2) is 0 Å². The molecule has 1 atom stereocenters. The van der Waals surface area contributed by atoms with Crippen molar-refractivity contribution in [1.82, 2.24) is 9.62 Å². The fraction of sp³-hybridized carbons (Fsp3) is 0.417. The van der Waals surface area contributed by atoms with Crippen molar-refractivity contribution in [2.24, 2.45) is 0 Å². The van der Waals surface area contributed by atoms with Gasteiger partial charge >= 0.3 is 0 Å². The number of hydrogen-bond donors (Lipinski definition) is 1. The molecule has 5 nitrogen and oxygen atoms in total. The molecule has 0 saturated carbocycles. The summed E-state index contributed by atoms with van der Waals surface area (Å²) in [6.45, 7) is 3.30. The predicted octanol–water partition coefficient (Wildman–Crippen LogP) is 1.19. The smallest absolute Gasteiger partial charge is 0.244 e. The van der Waals surface area contributed by atoms with Crippen LogP contribution in [-0.4, -0.2) is 38.4 Å². The Labute approximate surface area is 117 Å². The maximum absolute atomic E-state index is 12.6. The summed E-state index contributed by atoms with van der Waals surface area (Å²) in [5.41, 5.74) is 0.121. The van der Waals surface area contributed by atoms with Crippen LogP contribution in [0.5, 0.6) is 0 Å². The molecule has 1 heterocycles. The number of halogens is 1. The van der Waals surface area contributed by atoms with Crippen molar-refractivity contribution >= 4 is 21.6 Å². The van der Waals surface area contributed by atoms with Crippen LogP contribution < -0.4 is 5.32 Å². The molecule has 1 aromatic rings. The third kappa shape index (κ3) is 2.90. The molecule has 0 amide bonds. The van der Waals surface area contributed by atoms with Crippen LogP contribution in [0.15, 0.2) is 23.1 Å². The van der Waals surface area contributed by atoms with Gasteiger partial charge in [-0.25, -0.2) is 8.42 Å². The summed E-state index contributed by atoms with van der Waals surface area (Å²) in [5.74, 6) is 0. The molecular weight excluding hydrogens is 286 g/mol. The lowest BCUT2D eigenvalue weighted by Gasteiger charge is -2.31. The van der Waals surface area contributed by atoms with Crippen molar-refractivity contribution in [1.29, 1.82) is 5.26 Å². The third-order valence-electron chi connectivity index (χ3n) is 3.01. The summed E-state index contributed by atoms with van der Waals surface area (Å²) in [4.78, 5) is -0.0170. The van der Waals surface area contributed by atoms with Crippen molar-refractivity contribution < 1.29 is 8.42 Å². The fourth-order valence-corrected chi connectivity index (χ4v) is 3.99. The zero-order chi connectivity index (χ0) is 14.0. The van der Waals surface area contributed by atoms with Gasteiger partial charge in [-0.05, 0) is 25.1 Å². The standard InChI is InChI=1S/C12H14ClN3O2S/c1-9-8-16(5-4-15-9)19(17,18)12-6-11(13)3-2-10(12)7-14/h2-3,6,9,15H,4-5,8H2,1H3. The number of benzene rings is 1. The number of rotatable bonds is 2. The molecule has 1 aromatic carbocycles. The molecule has 0 spiro atoms. The van der Waals surface area contributed by atoms with E-state index in [0.717, 1.165) is 0 Å². The predicted molar refractivity (Wildman–Crippen MR) is 72.4 cm³/mol. The van der Waals surface area contributed by atoms with Crippen LogP contribution >= 0.6 is 11.6 Å². The van der Waals surface area contributed by atoms with E-state index in [2.05, 4.69) is 5.32 Å². The number of piperazine rings is 1. The number of hydrogen-bond acceptors (Lipinski definition) is 4. The van der Waals surface area contributed by atoms with E-state index in [1.807, 2.05) is 13.0 Å². The number of nitrogens with zero attached hydrogens (tertiary/aromatic N) is 2. The molecule has 1 aliphatic rings. The summed E-state index contributed by atoms with van der Waals surface area (Å²) in [6, 6.07) is 6.27. The maximum atomic E-state index is 12.6. The molecule has 1 saturated heterocycles. The van der Waals surface area contributed by atoms with Gasteiger partial charge in [-0.2, -0.15) is 9.57 Å². The number of nitrogens with one attached hydrogen (secondary N) is 1. The van der Waals surface area contributed by atoms with Crippen LogP contribution in [0.2, 0.25) is 5.02 Å². The SMILES string of the molecule is CC1CN(S(=O)(=O)c2cc(Cl)ccc2C#N)CCN1. The van der Waals surface area contributed by atoms with E-state index in [9.17, 15) is 8.42 Å². The Morgan fingerprint density at radius 1 is 1.53 bits per heavy atom. The Kier molecular flexibility index (Phi) is 4.11. The second-order valence-corrected chi connectivity index (χ2v) is 6.81. The molecule has 2 rings (SSSR count). The summed E-state index contributed by atoms with van der Waals surface area (Å²) >= 11 is 5.84. The molecule has 1 N–H and O–H groups in total. The first-order chi connectivity index (χ1) is 8.95. The lowest BCUT2D eigenvalue weighted by atomic mass is 10.2. The topological polar surface area (TPSA) is 73.2 Å². The minimum absolute atomic E-state index is 0.0170. The second-order valence-electron chi connectivity index (χ2n) is 4.47. The molecule has 1 unspecified atom stereocenters. The normalized spacial score (nSPS) is 21.0. The number of sulfonamides is 1. The van der Waals surface area contributed by atoms with Crippen molar-refractivity contribution in [3.8, 4) is 6.07 Å². The Balaban J connectivity index is 2.45. The lowest BCUT2D eigenvalue weighted by molar-refractivity contribution is 0.310. The van der Waals surface area contributed by atoms with E-state index in [-0.39, 0.29) is 16.5 Å². The fourth-order valence-electron chi connectivity index (χ4n) is 2.06. The highest BCUT2D eigenvalue weighted by molar-refractivity contribution is 7.89. The molecule has 1 fully saturated rings. The van der Waals surface area contributed by atoms with Crippen LogP contribution in [-0.2, 0) is 10.0 Å². The molecule has 0 aromatic heterocycles. The van der Waals surface area contributed by atoms with E-state index in [0.29, 0.717) is 24.7 Å². The van der Waals surface area contributed by atoms with Gasteiger partial charge in [-0.15, -0.1) is 0 Å². The molecule has 7 heteroatoms. The van der Waals surface area contributed by atoms with Gasteiger partial charge in [-0.1, -0.05) is 11.6 Å². The van der Waals surface area contributed by atoms with Crippen molar-refractivity contribution in [2.75, 3.05) is 19.6 Å². The molecule has 1 aliphatic heterocycles. The van der Waals surface area contributed by atoms with Crippen LogP contribution in [0.4, 0.5) is 0 Å². The maximum Gasteiger partial charge on any atom is 0.244 e. The van der Waals surface area contributed by atoms with E-state index in [1.165, 1.54) is 22.5 Å². The number of nitriles is 1. The Morgan fingerprint density at radius 2 is 2.26 bits per heavy atom. The highest BCUT2D eigenvalue weighted by Crippen LogP contribution is 2.24.